The van der Waals surface area contributed by atoms with Crippen LogP contribution in [0.5, 0.6) is 0 Å². The molecule has 0 heterocycles. The van der Waals surface area contributed by atoms with Gasteiger partial charge in [0, 0.05) is 0 Å². The van der Waals surface area contributed by atoms with Gasteiger partial charge in [0.25, 0.3) is 0 Å². The summed E-state index contributed by atoms with van der Waals surface area (Å²) in [6.07, 6.45) is 13.4. The zero-order valence-corrected chi connectivity index (χ0v) is 8.74. The smallest absolute Gasteiger partial charge is 0.0517 e. The van der Waals surface area contributed by atoms with E-state index in [2.05, 4.69) is 24.3 Å². The van der Waals surface area contributed by atoms with Crippen LogP contribution < -0.4 is 0 Å². The first kappa shape index (κ1) is 9.72. The van der Waals surface area contributed by atoms with Crippen LogP contribution in [0.1, 0.15) is 32.6 Å². The van der Waals surface area contributed by atoms with Gasteiger partial charge >= 0.3 is 0 Å². The Balaban J connectivity index is 2.08. The van der Waals surface area contributed by atoms with Gasteiger partial charge in [0.2, 0.25) is 0 Å². The van der Waals surface area contributed by atoms with Gasteiger partial charge in [-0.2, -0.15) is 0 Å². The summed E-state index contributed by atoms with van der Waals surface area (Å²) in [6, 6.07) is 0. The van der Waals surface area contributed by atoms with E-state index in [4.69, 9.17) is 0 Å². The molecule has 0 saturated carbocycles. The Bertz CT molecular complexity index is 294. The second-order valence-electron chi connectivity index (χ2n) is 4.37. The van der Waals surface area contributed by atoms with E-state index in [1.807, 2.05) is 6.92 Å². The van der Waals surface area contributed by atoms with Crippen molar-refractivity contribution in [1.82, 2.24) is 0 Å². The van der Waals surface area contributed by atoms with Crippen molar-refractivity contribution < 1.29 is 5.11 Å². The van der Waals surface area contributed by atoms with Crippen molar-refractivity contribution in [3.8, 4) is 0 Å². The number of hydrogen-bond acceptors (Lipinski definition) is 1. The maximum atomic E-state index is 9.33. The molecule has 2 unspecified atom stereocenters. The molecular formula is C13H18O. The summed E-state index contributed by atoms with van der Waals surface area (Å²) in [4.78, 5) is 0. The van der Waals surface area contributed by atoms with E-state index in [0.717, 1.165) is 12.8 Å². The fourth-order valence-corrected chi connectivity index (χ4v) is 2.30. The molecule has 2 atom stereocenters. The van der Waals surface area contributed by atoms with Gasteiger partial charge in [0.05, 0.1) is 6.10 Å². The lowest BCUT2D eigenvalue weighted by molar-refractivity contribution is 0.169. The third-order valence-corrected chi connectivity index (χ3v) is 2.97. The number of aliphatic hydroxyl groups is 1. The Labute approximate surface area is 85.8 Å². The average Bonchev–Trinajstić information content (AvgIpc) is 2.17. The highest BCUT2D eigenvalue weighted by Gasteiger charge is 2.16. The summed E-state index contributed by atoms with van der Waals surface area (Å²) >= 11 is 0. The Morgan fingerprint density at radius 3 is 3.21 bits per heavy atom. The van der Waals surface area contributed by atoms with Gasteiger partial charge in [-0.15, -0.1) is 0 Å². The number of fused-ring (bicyclic) bond motifs is 1. The first-order valence-electron chi connectivity index (χ1n) is 5.51. The Morgan fingerprint density at radius 2 is 2.43 bits per heavy atom. The number of allylic oxidation sites excluding steroid dienone is 6. The van der Waals surface area contributed by atoms with Crippen LogP contribution in [0.4, 0.5) is 0 Å². The second-order valence-corrected chi connectivity index (χ2v) is 4.37. The lowest BCUT2D eigenvalue weighted by Gasteiger charge is -2.23. The topological polar surface area (TPSA) is 20.2 Å². The van der Waals surface area contributed by atoms with Gasteiger partial charge in [-0.3, -0.25) is 0 Å². The predicted molar refractivity (Wildman–Crippen MR) is 58.9 cm³/mol. The summed E-state index contributed by atoms with van der Waals surface area (Å²) in [6.45, 7) is 1.87. The van der Waals surface area contributed by atoms with Crippen LogP contribution in [0.2, 0.25) is 0 Å². The molecule has 0 saturated heterocycles. The number of hydrogen-bond donors (Lipinski definition) is 1. The standard InChI is InChI=1S/C13H18O/c1-10(14)8-11-6-7-12-4-2-3-5-13(12)9-11/h3,5,7,9-11,14H,2,4,6,8H2,1H3. The highest BCUT2D eigenvalue weighted by molar-refractivity contribution is 5.44. The van der Waals surface area contributed by atoms with Crippen molar-refractivity contribution in [3.63, 3.8) is 0 Å². The van der Waals surface area contributed by atoms with Crippen molar-refractivity contribution >= 4 is 0 Å². The lowest BCUT2D eigenvalue weighted by Crippen LogP contribution is -2.11. The minimum Gasteiger partial charge on any atom is -0.393 e. The maximum Gasteiger partial charge on any atom is 0.0517 e. The van der Waals surface area contributed by atoms with Crippen molar-refractivity contribution in [3.05, 3.63) is 35.5 Å². The molecule has 0 spiro atoms. The van der Waals surface area contributed by atoms with Gasteiger partial charge < -0.3 is 5.11 Å². The van der Waals surface area contributed by atoms with Crippen LogP contribution in [-0.4, -0.2) is 11.2 Å². The number of aliphatic hydroxyl groups excluding tert-OH is 1. The molecule has 2 rings (SSSR count). The molecule has 0 aliphatic heterocycles. The van der Waals surface area contributed by atoms with Gasteiger partial charge in [-0.05, 0) is 49.7 Å². The maximum absolute atomic E-state index is 9.33. The molecule has 2 aliphatic carbocycles. The Hall–Kier alpha value is -0.820. The molecule has 0 radical (unpaired) electrons. The van der Waals surface area contributed by atoms with Crippen molar-refractivity contribution in [2.45, 2.75) is 38.7 Å². The average molecular weight is 190 g/mol. The van der Waals surface area contributed by atoms with E-state index < -0.39 is 0 Å². The monoisotopic (exact) mass is 190 g/mol. The number of rotatable bonds is 2. The van der Waals surface area contributed by atoms with E-state index in [0.29, 0.717) is 5.92 Å². The fourth-order valence-electron chi connectivity index (χ4n) is 2.30. The zero-order valence-electron chi connectivity index (χ0n) is 8.74. The van der Waals surface area contributed by atoms with E-state index in [9.17, 15) is 5.11 Å². The van der Waals surface area contributed by atoms with E-state index in [1.165, 1.54) is 24.0 Å². The van der Waals surface area contributed by atoms with Gasteiger partial charge in [0.15, 0.2) is 0 Å². The quantitative estimate of drug-likeness (QED) is 0.709. The van der Waals surface area contributed by atoms with Crippen LogP contribution in [0, 0.1) is 5.92 Å². The van der Waals surface area contributed by atoms with Crippen LogP contribution in [0.15, 0.2) is 35.5 Å². The molecule has 0 aromatic heterocycles. The normalized spacial score (nSPS) is 27.7. The van der Waals surface area contributed by atoms with Crippen LogP contribution in [0.25, 0.3) is 0 Å². The first-order valence-corrected chi connectivity index (χ1v) is 5.51. The third-order valence-electron chi connectivity index (χ3n) is 2.97. The molecule has 0 aromatic rings. The molecule has 1 N–H and O–H groups in total. The summed E-state index contributed by atoms with van der Waals surface area (Å²) in [5.41, 5.74) is 2.91. The molecule has 1 nitrogen and oxygen atoms in total. The summed E-state index contributed by atoms with van der Waals surface area (Å²) in [5, 5.41) is 9.33. The molecule has 76 valence electrons. The predicted octanol–water partition coefficient (Wildman–Crippen LogP) is 2.98. The van der Waals surface area contributed by atoms with Gasteiger partial charge in [-0.25, -0.2) is 0 Å². The van der Waals surface area contributed by atoms with Crippen LogP contribution >= 0.6 is 0 Å². The third kappa shape index (κ3) is 2.16. The van der Waals surface area contributed by atoms with Crippen LogP contribution in [-0.2, 0) is 0 Å². The molecule has 2 aliphatic rings. The lowest BCUT2D eigenvalue weighted by atomic mass is 9.83. The van der Waals surface area contributed by atoms with Crippen molar-refractivity contribution in [2.24, 2.45) is 5.92 Å². The molecule has 0 amide bonds. The van der Waals surface area contributed by atoms with Crippen molar-refractivity contribution in [1.29, 1.82) is 0 Å². The first-order chi connectivity index (χ1) is 6.75. The Morgan fingerprint density at radius 1 is 1.57 bits per heavy atom. The molecule has 0 aromatic carbocycles. The minimum absolute atomic E-state index is 0.181. The van der Waals surface area contributed by atoms with E-state index in [-0.39, 0.29) is 6.10 Å². The van der Waals surface area contributed by atoms with Gasteiger partial charge in [-0.1, -0.05) is 24.3 Å². The zero-order chi connectivity index (χ0) is 9.97. The van der Waals surface area contributed by atoms with E-state index >= 15 is 0 Å². The molecular weight excluding hydrogens is 172 g/mol. The molecule has 0 bridgehead atoms. The summed E-state index contributed by atoms with van der Waals surface area (Å²) in [5.74, 6) is 0.538. The van der Waals surface area contributed by atoms with Gasteiger partial charge in [0.1, 0.15) is 0 Å². The highest BCUT2D eigenvalue weighted by Crippen LogP contribution is 2.31. The van der Waals surface area contributed by atoms with Crippen LogP contribution in [0.3, 0.4) is 0 Å². The summed E-state index contributed by atoms with van der Waals surface area (Å²) < 4.78 is 0. The molecule has 1 heteroatoms. The Kier molecular flexibility index (Phi) is 2.87. The SMILES string of the molecule is CC(O)CC1C=C2C=CCCC2=CC1. The van der Waals surface area contributed by atoms with Crippen molar-refractivity contribution in [2.75, 3.05) is 0 Å². The van der Waals surface area contributed by atoms with E-state index in [1.54, 1.807) is 0 Å². The molecule has 14 heavy (non-hydrogen) atoms. The highest BCUT2D eigenvalue weighted by atomic mass is 16.3. The summed E-state index contributed by atoms with van der Waals surface area (Å²) in [7, 11) is 0. The minimum atomic E-state index is -0.181. The fraction of sp³-hybridized carbons (Fsp3) is 0.538. The second kappa shape index (κ2) is 4.14. The largest absolute Gasteiger partial charge is 0.393 e. The molecule has 0 fully saturated rings.